The van der Waals surface area contributed by atoms with Gasteiger partial charge in [0.15, 0.2) is 0 Å². The maximum Gasteiger partial charge on any atom is 0.405 e. The van der Waals surface area contributed by atoms with Gasteiger partial charge < -0.3 is 15.7 Å². The van der Waals surface area contributed by atoms with E-state index >= 15 is 0 Å². The summed E-state index contributed by atoms with van der Waals surface area (Å²) in [6.07, 6.45) is -2.35. The highest BCUT2D eigenvalue weighted by Crippen LogP contribution is 2.30. The average Bonchev–Trinajstić information content (AvgIpc) is 2.07. The van der Waals surface area contributed by atoms with Gasteiger partial charge in [-0.25, -0.2) is 4.79 Å². The van der Waals surface area contributed by atoms with E-state index < -0.39 is 24.3 Å². The first-order chi connectivity index (χ1) is 6.87. The number of aliphatic hydroxyl groups excluding tert-OH is 1. The van der Waals surface area contributed by atoms with E-state index in [0.717, 1.165) is 6.42 Å². The molecule has 0 atom stereocenters. The summed E-state index contributed by atoms with van der Waals surface area (Å²) in [5.74, 6) is 0. The molecule has 4 nitrogen and oxygen atoms in total. The van der Waals surface area contributed by atoms with Crippen molar-refractivity contribution in [1.82, 2.24) is 10.6 Å². The van der Waals surface area contributed by atoms with E-state index in [0.29, 0.717) is 12.8 Å². The minimum absolute atomic E-state index is 0.244. The van der Waals surface area contributed by atoms with Gasteiger partial charge in [0.25, 0.3) is 0 Å². The minimum atomic E-state index is -4.41. The maximum absolute atomic E-state index is 11.7. The molecule has 0 spiro atoms. The van der Waals surface area contributed by atoms with Crippen molar-refractivity contribution in [2.75, 3.05) is 13.2 Å². The number of aliphatic hydroxyl groups is 1. The van der Waals surface area contributed by atoms with E-state index in [1.54, 1.807) is 5.32 Å². The average molecular weight is 226 g/mol. The lowest BCUT2D eigenvalue weighted by atomic mass is 9.77. The Morgan fingerprint density at radius 1 is 1.40 bits per heavy atom. The number of rotatable bonds is 3. The van der Waals surface area contributed by atoms with Crippen molar-refractivity contribution in [1.29, 1.82) is 0 Å². The molecule has 0 aromatic rings. The molecule has 7 heteroatoms. The van der Waals surface area contributed by atoms with Crippen molar-refractivity contribution in [2.45, 2.75) is 31.0 Å². The normalized spacial score (nSPS) is 19.2. The van der Waals surface area contributed by atoms with Crippen LogP contribution in [0.4, 0.5) is 18.0 Å². The van der Waals surface area contributed by atoms with E-state index in [1.165, 1.54) is 0 Å². The van der Waals surface area contributed by atoms with Crippen LogP contribution in [-0.2, 0) is 0 Å². The van der Waals surface area contributed by atoms with E-state index in [2.05, 4.69) is 5.32 Å². The molecule has 0 radical (unpaired) electrons. The van der Waals surface area contributed by atoms with Crippen LogP contribution in [0, 0.1) is 0 Å². The van der Waals surface area contributed by atoms with Gasteiger partial charge in [-0.05, 0) is 19.3 Å². The Morgan fingerprint density at radius 2 is 2.00 bits per heavy atom. The van der Waals surface area contributed by atoms with Gasteiger partial charge in [-0.3, -0.25) is 0 Å². The third-order valence-electron chi connectivity index (χ3n) is 2.44. The van der Waals surface area contributed by atoms with Gasteiger partial charge in [0.1, 0.15) is 6.54 Å². The Morgan fingerprint density at radius 3 is 2.33 bits per heavy atom. The molecule has 1 fully saturated rings. The molecule has 3 N–H and O–H groups in total. The van der Waals surface area contributed by atoms with Crippen LogP contribution in [-0.4, -0.2) is 36.0 Å². The summed E-state index contributed by atoms with van der Waals surface area (Å²) in [4.78, 5) is 11.0. The highest BCUT2D eigenvalue weighted by atomic mass is 19.4. The van der Waals surface area contributed by atoms with Gasteiger partial charge in [0, 0.05) is 0 Å². The summed E-state index contributed by atoms with van der Waals surface area (Å²) in [6.45, 7) is -1.60. The van der Waals surface area contributed by atoms with Crippen molar-refractivity contribution >= 4 is 6.03 Å². The second-order valence-corrected chi connectivity index (χ2v) is 3.71. The topological polar surface area (TPSA) is 61.4 Å². The number of alkyl halides is 3. The summed E-state index contributed by atoms with van der Waals surface area (Å²) < 4.78 is 35.2. The van der Waals surface area contributed by atoms with E-state index in [9.17, 15) is 18.0 Å². The fraction of sp³-hybridized carbons (Fsp3) is 0.875. The Bertz CT molecular complexity index is 233. The highest BCUT2D eigenvalue weighted by Gasteiger charge is 2.38. The molecule has 0 aromatic carbocycles. The van der Waals surface area contributed by atoms with Crippen LogP contribution in [0.15, 0.2) is 0 Å². The number of urea groups is 1. The monoisotopic (exact) mass is 226 g/mol. The molecule has 88 valence electrons. The molecule has 15 heavy (non-hydrogen) atoms. The zero-order valence-electron chi connectivity index (χ0n) is 8.02. The Balaban J connectivity index is 2.29. The number of carbonyl (C=O) groups is 1. The van der Waals surface area contributed by atoms with Crippen molar-refractivity contribution in [3.63, 3.8) is 0 Å². The third kappa shape index (κ3) is 3.58. The fourth-order valence-corrected chi connectivity index (χ4v) is 1.39. The Labute approximate surface area is 84.8 Å². The lowest BCUT2D eigenvalue weighted by Gasteiger charge is -2.40. The maximum atomic E-state index is 11.7. The van der Waals surface area contributed by atoms with Crippen LogP contribution in [0.25, 0.3) is 0 Å². The summed E-state index contributed by atoms with van der Waals surface area (Å²) in [5.41, 5.74) is -0.713. The standard InChI is InChI=1S/C8H13F3N2O2/c9-8(10,11)4-12-6(15)13-7(5-14)2-1-3-7/h14H,1-5H2,(H2,12,13,15). The number of amides is 2. The third-order valence-corrected chi connectivity index (χ3v) is 2.44. The second kappa shape index (κ2) is 4.26. The van der Waals surface area contributed by atoms with Crippen molar-refractivity contribution in [2.24, 2.45) is 0 Å². The fourth-order valence-electron chi connectivity index (χ4n) is 1.39. The number of nitrogens with one attached hydrogen (secondary N) is 2. The molecule has 0 aromatic heterocycles. The van der Waals surface area contributed by atoms with Crippen LogP contribution in [0.2, 0.25) is 0 Å². The minimum Gasteiger partial charge on any atom is -0.394 e. The zero-order valence-corrected chi connectivity index (χ0v) is 8.02. The molecule has 1 aliphatic carbocycles. The predicted octanol–water partition coefficient (Wildman–Crippen LogP) is 0.763. The number of hydrogen-bond donors (Lipinski definition) is 3. The van der Waals surface area contributed by atoms with Gasteiger partial charge in [-0.1, -0.05) is 0 Å². The smallest absolute Gasteiger partial charge is 0.394 e. The van der Waals surface area contributed by atoms with E-state index in [1.807, 2.05) is 0 Å². The van der Waals surface area contributed by atoms with Crippen molar-refractivity contribution < 1.29 is 23.1 Å². The van der Waals surface area contributed by atoms with Gasteiger partial charge in [-0.2, -0.15) is 13.2 Å². The van der Waals surface area contributed by atoms with Gasteiger partial charge >= 0.3 is 12.2 Å². The summed E-state index contributed by atoms with van der Waals surface area (Å²) in [7, 11) is 0. The van der Waals surface area contributed by atoms with E-state index in [-0.39, 0.29) is 6.61 Å². The molecule has 0 bridgehead atoms. The van der Waals surface area contributed by atoms with E-state index in [4.69, 9.17) is 5.11 Å². The lowest BCUT2D eigenvalue weighted by molar-refractivity contribution is -0.122. The van der Waals surface area contributed by atoms with Gasteiger partial charge in [-0.15, -0.1) is 0 Å². The largest absolute Gasteiger partial charge is 0.405 e. The summed E-state index contributed by atoms with van der Waals surface area (Å²) >= 11 is 0. The molecule has 0 heterocycles. The molecule has 1 saturated carbocycles. The molecule has 1 rings (SSSR count). The highest BCUT2D eigenvalue weighted by molar-refractivity contribution is 5.75. The first-order valence-corrected chi connectivity index (χ1v) is 4.61. The molecule has 1 aliphatic rings. The molecule has 0 saturated heterocycles. The lowest BCUT2D eigenvalue weighted by Crippen LogP contribution is -2.59. The molecule has 0 unspecified atom stereocenters. The quantitative estimate of drug-likeness (QED) is 0.665. The van der Waals surface area contributed by atoms with Crippen LogP contribution in [0.3, 0.4) is 0 Å². The predicted molar refractivity (Wildman–Crippen MR) is 46.3 cm³/mol. The second-order valence-electron chi connectivity index (χ2n) is 3.71. The van der Waals surface area contributed by atoms with Crippen LogP contribution >= 0.6 is 0 Å². The first-order valence-electron chi connectivity index (χ1n) is 4.61. The van der Waals surface area contributed by atoms with Crippen LogP contribution < -0.4 is 10.6 Å². The van der Waals surface area contributed by atoms with Crippen molar-refractivity contribution in [3.8, 4) is 0 Å². The van der Waals surface area contributed by atoms with Gasteiger partial charge in [0.2, 0.25) is 0 Å². The van der Waals surface area contributed by atoms with Crippen LogP contribution in [0.5, 0.6) is 0 Å². The zero-order chi connectivity index (χ0) is 11.5. The summed E-state index contributed by atoms with van der Waals surface area (Å²) in [6, 6.07) is -0.888. The molecular weight excluding hydrogens is 213 g/mol. The Kier molecular flexibility index (Phi) is 3.43. The van der Waals surface area contributed by atoms with Crippen molar-refractivity contribution in [3.05, 3.63) is 0 Å². The summed E-state index contributed by atoms with van der Waals surface area (Å²) in [5, 5.41) is 13.0. The SMILES string of the molecule is O=C(NCC(F)(F)F)NC1(CO)CCC1. The first kappa shape index (κ1) is 12.1. The molecule has 2 amide bonds. The number of hydrogen-bond acceptors (Lipinski definition) is 2. The van der Waals surface area contributed by atoms with Gasteiger partial charge in [0.05, 0.1) is 12.1 Å². The van der Waals surface area contributed by atoms with Crippen LogP contribution in [0.1, 0.15) is 19.3 Å². The Hall–Kier alpha value is -0.980. The number of halogens is 3. The molecule has 0 aliphatic heterocycles. The number of carbonyl (C=O) groups excluding carboxylic acids is 1. The molecular formula is C8H13F3N2O2.